The van der Waals surface area contributed by atoms with Gasteiger partial charge in [0.15, 0.2) is 0 Å². The molecule has 0 spiro atoms. The molecule has 1 aliphatic rings. The summed E-state index contributed by atoms with van der Waals surface area (Å²) in [5, 5.41) is 5.58. The second-order valence-electron chi connectivity index (χ2n) is 5.23. The quantitative estimate of drug-likeness (QED) is 0.789. The van der Waals surface area contributed by atoms with Crippen molar-refractivity contribution in [2.24, 2.45) is 0 Å². The number of rotatable bonds is 6. The van der Waals surface area contributed by atoms with Gasteiger partial charge in [-0.05, 0) is 57.1 Å². The van der Waals surface area contributed by atoms with E-state index in [0.29, 0.717) is 24.4 Å². The lowest BCUT2D eigenvalue weighted by Gasteiger charge is -2.15. The largest absolute Gasteiger partial charge is 0.462 e. The van der Waals surface area contributed by atoms with Crippen molar-refractivity contribution in [2.45, 2.75) is 19.8 Å². The zero-order valence-electron chi connectivity index (χ0n) is 12.9. The van der Waals surface area contributed by atoms with Gasteiger partial charge in [0.25, 0.3) is 0 Å². The molecule has 22 heavy (non-hydrogen) atoms. The van der Waals surface area contributed by atoms with E-state index in [9.17, 15) is 9.59 Å². The molecule has 6 nitrogen and oxygen atoms in total. The zero-order valence-corrected chi connectivity index (χ0v) is 12.9. The molecule has 2 N–H and O–H groups in total. The molecule has 0 aromatic heterocycles. The molecular formula is C16H23N3O3. The van der Waals surface area contributed by atoms with E-state index >= 15 is 0 Å². The average Bonchev–Trinajstić information content (AvgIpc) is 3.01. The van der Waals surface area contributed by atoms with Crippen molar-refractivity contribution in [1.29, 1.82) is 0 Å². The zero-order chi connectivity index (χ0) is 15.8. The molecule has 120 valence electrons. The third-order valence-corrected chi connectivity index (χ3v) is 3.57. The highest BCUT2D eigenvalue weighted by molar-refractivity contribution is 5.92. The summed E-state index contributed by atoms with van der Waals surface area (Å²) in [6, 6.07) is 6.41. The van der Waals surface area contributed by atoms with Crippen molar-refractivity contribution in [2.75, 3.05) is 38.1 Å². The Morgan fingerprint density at radius 1 is 1.18 bits per heavy atom. The van der Waals surface area contributed by atoms with E-state index < -0.39 is 0 Å². The van der Waals surface area contributed by atoms with Crippen LogP contribution in [0.4, 0.5) is 10.5 Å². The van der Waals surface area contributed by atoms with Crippen LogP contribution in [0.25, 0.3) is 0 Å². The van der Waals surface area contributed by atoms with Crippen LogP contribution in [0.5, 0.6) is 0 Å². The van der Waals surface area contributed by atoms with Crippen LogP contribution in [0, 0.1) is 0 Å². The summed E-state index contributed by atoms with van der Waals surface area (Å²) in [6.45, 7) is 5.87. The number of amides is 2. The van der Waals surface area contributed by atoms with Crippen LogP contribution in [-0.2, 0) is 4.74 Å². The van der Waals surface area contributed by atoms with Crippen molar-refractivity contribution in [3.05, 3.63) is 29.8 Å². The van der Waals surface area contributed by atoms with Gasteiger partial charge in [0.05, 0.1) is 12.2 Å². The van der Waals surface area contributed by atoms with E-state index in [0.717, 1.165) is 19.6 Å². The highest BCUT2D eigenvalue weighted by Crippen LogP contribution is 2.10. The first kappa shape index (κ1) is 16.3. The molecule has 1 heterocycles. The van der Waals surface area contributed by atoms with Crippen molar-refractivity contribution in [3.8, 4) is 0 Å². The minimum absolute atomic E-state index is 0.233. The molecule has 2 rings (SSSR count). The lowest BCUT2D eigenvalue weighted by molar-refractivity contribution is 0.0526. The maximum Gasteiger partial charge on any atom is 0.338 e. The van der Waals surface area contributed by atoms with Crippen molar-refractivity contribution < 1.29 is 14.3 Å². The summed E-state index contributed by atoms with van der Waals surface area (Å²) in [5.41, 5.74) is 1.12. The number of carbonyl (C=O) groups is 2. The summed E-state index contributed by atoms with van der Waals surface area (Å²) < 4.78 is 4.91. The molecule has 6 heteroatoms. The number of ether oxygens (including phenoxy) is 1. The van der Waals surface area contributed by atoms with Crippen LogP contribution < -0.4 is 10.6 Å². The number of nitrogens with one attached hydrogen (secondary N) is 2. The van der Waals surface area contributed by atoms with Crippen LogP contribution in [0.2, 0.25) is 0 Å². The Balaban J connectivity index is 1.72. The van der Waals surface area contributed by atoms with E-state index in [1.807, 2.05) is 0 Å². The van der Waals surface area contributed by atoms with Crippen LogP contribution in [0.15, 0.2) is 24.3 Å². The first-order valence-corrected chi connectivity index (χ1v) is 7.73. The number of nitrogens with zero attached hydrogens (tertiary/aromatic N) is 1. The number of likely N-dealkylation sites (tertiary alicyclic amines) is 1. The number of hydrogen-bond acceptors (Lipinski definition) is 4. The van der Waals surface area contributed by atoms with E-state index in [2.05, 4.69) is 15.5 Å². The topological polar surface area (TPSA) is 70.7 Å². The molecule has 2 amide bonds. The normalized spacial score (nSPS) is 14.6. The van der Waals surface area contributed by atoms with E-state index in [1.54, 1.807) is 31.2 Å². The third-order valence-electron chi connectivity index (χ3n) is 3.57. The maximum absolute atomic E-state index is 11.8. The maximum atomic E-state index is 11.8. The fourth-order valence-electron chi connectivity index (χ4n) is 2.41. The monoisotopic (exact) mass is 305 g/mol. The van der Waals surface area contributed by atoms with Crippen molar-refractivity contribution >= 4 is 17.7 Å². The van der Waals surface area contributed by atoms with E-state index in [-0.39, 0.29) is 12.0 Å². The SMILES string of the molecule is CCOC(=O)c1ccc(NC(=O)NCCN2CCCC2)cc1. The van der Waals surface area contributed by atoms with E-state index in [1.165, 1.54) is 12.8 Å². The number of carbonyl (C=O) groups excluding carboxylic acids is 2. The molecular weight excluding hydrogens is 282 g/mol. The van der Waals surface area contributed by atoms with Gasteiger partial charge in [0.1, 0.15) is 0 Å². The Morgan fingerprint density at radius 2 is 1.86 bits per heavy atom. The minimum atomic E-state index is -0.357. The Bertz CT molecular complexity index is 496. The number of hydrogen-bond donors (Lipinski definition) is 2. The predicted octanol–water partition coefficient (Wildman–Crippen LogP) is 2.08. The second-order valence-corrected chi connectivity index (χ2v) is 5.23. The lowest BCUT2D eigenvalue weighted by atomic mass is 10.2. The molecule has 1 aromatic carbocycles. The lowest BCUT2D eigenvalue weighted by Crippen LogP contribution is -2.35. The van der Waals surface area contributed by atoms with Gasteiger partial charge in [0.2, 0.25) is 0 Å². The minimum Gasteiger partial charge on any atom is -0.462 e. The average molecular weight is 305 g/mol. The van der Waals surface area contributed by atoms with Gasteiger partial charge in [-0.3, -0.25) is 0 Å². The summed E-state index contributed by atoms with van der Waals surface area (Å²) in [6.07, 6.45) is 2.50. The summed E-state index contributed by atoms with van der Waals surface area (Å²) in [4.78, 5) is 25.6. The summed E-state index contributed by atoms with van der Waals surface area (Å²) in [5.74, 6) is -0.357. The number of benzene rings is 1. The molecule has 1 aliphatic heterocycles. The number of esters is 1. The van der Waals surface area contributed by atoms with E-state index in [4.69, 9.17) is 4.74 Å². The summed E-state index contributed by atoms with van der Waals surface area (Å²) >= 11 is 0. The van der Waals surface area contributed by atoms with Gasteiger partial charge in [-0.2, -0.15) is 0 Å². The molecule has 1 fully saturated rings. The molecule has 0 aliphatic carbocycles. The molecule has 0 saturated carbocycles. The van der Waals surface area contributed by atoms with Crippen LogP contribution in [0.1, 0.15) is 30.1 Å². The van der Waals surface area contributed by atoms with Crippen LogP contribution in [0.3, 0.4) is 0 Å². The van der Waals surface area contributed by atoms with Gasteiger partial charge in [-0.25, -0.2) is 9.59 Å². The van der Waals surface area contributed by atoms with Crippen molar-refractivity contribution in [1.82, 2.24) is 10.2 Å². The molecule has 0 atom stereocenters. The fraction of sp³-hybridized carbons (Fsp3) is 0.500. The molecule has 0 bridgehead atoms. The Kier molecular flexibility index (Phi) is 6.21. The molecule has 0 unspecified atom stereocenters. The number of anilines is 1. The Labute approximate surface area is 130 Å². The smallest absolute Gasteiger partial charge is 0.338 e. The highest BCUT2D eigenvalue weighted by atomic mass is 16.5. The second kappa shape index (κ2) is 8.38. The molecule has 0 radical (unpaired) electrons. The first-order chi connectivity index (χ1) is 10.7. The number of urea groups is 1. The summed E-state index contributed by atoms with van der Waals surface area (Å²) in [7, 11) is 0. The van der Waals surface area contributed by atoms with Crippen molar-refractivity contribution in [3.63, 3.8) is 0 Å². The highest BCUT2D eigenvalue weighted by Gasteiger charge is 2.11. The van der Waals surface area contributed by atoms with Gasteiger partial charge in [-0.15, -0.1) is 0 Å². The molecule has 1 aromatic rings. The Morgan fingerprint density at radius 3 is 2.50 bits per heavy atom. The third kappa shape index (κ3) is 5.04. The van der Waals surface area contributed by atoms with Crippen LogP contribution >= 0.6 is 0 Å². The van der Waals surface area contributed by atoms with Gasteiger partial charge in [-0.1, -0.05) is 0 Å². The standard InChI is InChI=1S/C16H23N3O3/c1-2-22-15(20)13-5-7-14(8-6-13)18-16(21)17-9-12-19-10-3-4-11-19/h5-8H,2-4,9-12H2,1H3,(H2,17,18,21). The first-order valence-electron chi connectivity index (χ1n) is 7.73. The van der Waals surface area contributed by atoms with Crippen LogP contribution in [-0.4, -0.2) is 49.7 Å². The Hall–Kier alpha value is -2.08. The van der Waals surface area contributed by atoms with Gasteiger partial charge >= 0.3 is 12.0 Å². The molecule has 1 saturated heterocycles. The predicted molar refractivity (Wildman–Crippen MR) is 85.1 cm³/mol. The van der Waals surface area contributed by atoms with Gasteiger partial charge in [0, 0.05) is 18.8 Å². The van der Waals surface area contributed by atoms with Gasteiger partial charge < -0.3 is 20.3 Å². The fourth-order valence-corrected chi connectivity index (χ4v) is 2.41.